The zero-order valence-corrected chi connectivity index (χ0v) is 16.6. The van der Waals surface area contributed by atoms with E-state index in [1.807, 2.05) is 20.2 Å². The van der Waals surface area contributed by atoms with Crippen LogP contribution in [0.5, 0.6) is 5.75 Å². The number of hydrogen-bond acceptors (Lipinski definition) is 5. The summed E-state index contributed by atoms with van der Waals surface area (Å²) in [6, 6.07) is 12.9. The average molecular weight is 379 g/mol. The predicted octanol–water partition coefficient (Wildman–Crippen LogP) is 4.41. The van der Waals surface area contributed by atoms with Crippen LogP contribution in [0.15, 0.2) is 36.4 Å². The molecule has 6 heteroatoms. The largest absolute Gasteiger partial charge is 0.497 e. The lowest BCUT2D eigenvalue weighted by Gasteiger charge is -2.29. The van der Waals surface area contributed by atoms with Gasteiger partial charge in [-0.15, -0.1) is 0 Å². The van der Waals surface area contributed by atoms with E-state index in [-0.39, 0.29) is 0 Å². The van der Waals surface area contributed by atoms with Crippen LogP contribution in [0.2, 0.25) is 0 Å². The van der Waals surface area contributed by atoms with Crippen molar-refractivity contribution in [3.05, 3.63) is 47.7 Å². The number of nitrogens with one attached hydrogen (secondary N) is 1. The van der Waals surface area contributed by atoms with E-state index in [1.54, 1.807) is 18.4 Å². The fraction of sp³-hybridized carbons (Fsp3) is 0.286. The quantitative estimate of drug-likeness (QED) is 0.573. The lowest BCUT2D eigenvalue weighted by Crippen LogP contribution is -2.30. The maximum atomic E-state index is 5.40. The van der Waals surface area contributed by atoms with Crippen LogP contribution in [0.4, 0.5) is 10.8 Å². The van der Waals surface area contributed by atoms with Gasteiger partial charge in [0, 0.05) is 42.9 Å². The summed E-state index contributed by atoms with van der Waals surface area (Å²) in [5, 5.41) is 2.34. The second-order valence-corrected chi connectivity index (χ2v) is 8.22. The number of anilines is 2. The monoisotopic (exact) mass is 378 g/mol. The smallest absolute Gasteiger partial charge is 0.185 e. The van der Waals surface area contributed by atoms with Crippen LogP contribution >= 0.6 is 11.3 Å². The highest BCUT2D eigenvalue weighted by Gasteiger charge is 2.21. The molecule has 4 aromatic rings. The molecule has 0 aliphatic carbocycles. The summed E-state index contributed by atoms with van der Waals surface area (Å²) in [6.07, 6.45) is 1.03. The van der Waals surface area contributed by atoms with E-state index in [4.69, 9.17) is 4.74 Å². The van der Waals surface area contributed by atoms with Gasteiger partial charge in [0.05, 0.1) is 23.9 Å². The van der Waals surface area contributed by atoms with E-state index in [1.165, 1.54) is 32.5 Å². The van der Waals surface area contributed by atoms with Crippen LogP contribution in [0.1, 0.15) is 11.3 Å². The third-order valence-corrected chi connectivity index (χ3v) is 6.48. The van der Waals surface area contributed by atoms with Crippen molar-refractivity contribution in [1.82, 2.24) is 9.97 Å². The van der Waals surface area contributed by atoms with Crippen LogP contribution < -0.4 is 14.5 Å². The number of thiazole rings is 1. The number of H-pyrrole nitrogens is 1. The Morgan fingerprint density at radius 3 is 2.89 bits per heavy atom. The first-order valence-electron chi connectivity index (χ1n) is 9.13. The summed E-state index contributed by atoms with van der Waals surface area (Å²) in [4.78, 5) is 12.8. The van der Waals surface area contributed by atoms with Gasteiger partial charge in [-0.25, -0.2) is 4.98 Å². The van der Waals surface area contributed by atoms with E-state index in [0.29, 0.717) is 0 Å². The molecule has 0 saturated heterocycles. The summed E-state index contributed by atoms with van der Waals surface area (Å²) in [5.74, 6) is 0.916. The molecule has 0 unspecified atom stereocenters. The Labute approximate surface area is 162 Å². The highest BCUT2D eigenvalue weighted by molar-refractivity contribution is 7.22. The highest BCUT2D eigenvalue weighted by Crippen LogP contribution is 2.35. The third kappa shape index (κ3) is 2.72. The fourth-order valence-electron chi connectivity index (χ4n) is 3.86. The normalized spacial score (nSPS) is 14.0. The first kappa shape index (κ1) is 16.4. The number of methoxy groups -OCH3 is 1. The van der Waals surface area contributed by atoms with E-state index in [2.05, 4.69) is 50.1 Å². The SMILES string of the molecule is COc1ccc2[nH]c3c(c2c1)CCN(c1ccc2nc(N(C)C)sc2c1)C3. The Morgan fingerprint density at radius 1 is 1.19 bits per heavy atom. The van der Waals surface area contributed by atoms with Crippen molar-refractivity contribution in [1.29, 1.82) is 0 Å². The molecule has 3 heterocycles. The molecule has 27 heavy (non-hydrogen) atoms. The Morgan fingerprint density at radius 2 is 2.07 bits per heavy atom. The van der Waals surface area contributed by atoms with Crippen molar-refractivity contribution in [3.63, 3.8) is 0 Å². The van der Waals surface area contributed by atoms with Crippen LogP contribution in [0, 0.1) is 0 Å². The molecule has 1 N–H and O–H groups in total. The van der Waals surface area contributed by atoms with Gasteiger partial charge < -0.3 is 19.5 Å². The second-order valence-electron chi connectivity index (χ2n) is 7.21. The Balaban J connectivity index is 1.49. The molecule has 1 aliphatic rings. The summed E-state index contributed by atoms with van der Waals surface area (Å²) >= 11 is 1.74. The number of aromatic nitrogens is 2. The van der Waals surface area contributed by atoms with E-state index in [0.717, 1.165) is 35.9 Å². The molecule has 0 radical (unpaired) electrons. The summed E-state index contributed by atoms with van der Waals surface area (Å²) in [6.45, 7) is 1.92. The predicted molar refractivity (Wildman–Crippen MR) is 114 cm³/mol. The molecule has 0 spiro atoms. The molecule has 2 aromatic carbocycles. The highest BCUT2D eigenvalue weighted by atomic mass is 32.1. The number of benzene rings is 2. The van der Waals surface area contributed by atoms with Gasteiger partial charge in [0.1, 0.15) is 5.75 Å². The minimum Gasteiger partial charge on any atom is -0.497 e. The maximum absolute atomic E-state index is 5.40. The van der Waals surface area contributed by atoms with Crippen molar-refractivity contribution >= 4 is 43.3 Å². The maximum Gasteiger partial charge on any atom is 0.185 e. The lowest BCUT2D eigenvalue weighted by atomic mass is 10.0. The summed E-state index contributed by atoms with van der Waals surface area (Å²) in [7, 11) is 5.80. The van der Waals surface area contributed by atoms with Crippen molar-refractivity contribution < 1.29 is 4.74 Å². The number of ether oxygens (including phenoxy) is 1. The number of fused-ring (bicyclic) bond motifs is 4. The Bertz CT molecular complexity index is 1140. The van der Waals surface area contributed by atoms with E-state index in [9.17, 15) is 0 Å². The minimum absolute atomic E-state index is 0.900. The van der Waals surface area contributed by atoms with Crippen molar-refractivity contribution in [2.45, 2.75) is 13.0 Å². The molecule has 0 saturated carbocycles. The molecule has 0 atom stereocenters. The lowest BCUT2D eigenvalue weighted by molar-refractivity contribution is 0.415. The molecule has 0 fully saturated rings. The van der Waals surface area contributed by atoms with Crippen LogP contribution in [-0.2, 0) is 13.0 Å². The van der Waals surface area contributed by atoms with Gasteiger partial charge in [0.2, 0.25) is 0 Å². The van der Waals surface area contributed by atoms with Gasteiger partial charge in [0.15, 0.2) is 5.13 Å². The van der Waals surface area contributed by atoms with Crippen LogP contribution in [0.25, 0.3) is 21.1 Å². The summed E-state index contributed by atoms with van der Waals surface area (Å²) < 4.78 is 6.64. The van der Waals surface area contributed by atoms with E-state index >= 15 is 0 Å². The molecule has 0 bridgehead atoms. The van der Waals surface area contributed by atoms with Gasteiger partial charge in [-0.1, -0.05) is 11.3 Å². The molecule has 5 nitrogen and oxygen atoms in total. The topological polar surface area (TPSA) is 44.4 Å². The summed E-state index contributed by atoms with van der Waals surface area (Å²) in [5.41, 5.74) is 6.26. The van der Waals surface area contributed by atoms with Gasteiger partial charge in [-0.3, -0.25) is 0 Å². The Kier molecular flexibility index (Phi) is 3.75. The number of nitrogens with zero attached hydrogens (tertiary/aromatic N) is 3. The molecular weight excluding hydrogens is 356 g/mol. The number of rotatable bonds is 3. The first-order valence-corrected chi connectivity index (χ1v) is 9.94. The Hall–Kier alpha value is -2.73. The van der Waals surface area contributed by atoms with Crippen LogP contribution in [-0.4, -0.2) is 37.7 Å². The minimum atomic E-state index is 0.900. The van der Waals surface area contributed by atoms with Gasteiger partial charge in [0.25, 0.3) is 0 Å². The van der Waals surface area contributed by atoms with Crippen molar-refractivity contribution in [3.8, 4) is 5.75 Å². The van der Waals surface area contributed by atoms with Crippen molar-refractivity contribution in [2.24, 2.45) is 0 Å². The van der Waals surface area contributed by atoms with Crippen LogP contribution in [0.3, 0.4) is 0 Å². The van der Waals surface area contributed by atoms with Crippen molar-refractivity contribution in [2.75, 3.05) is 37.5 Å². The zero-order chi connectivity index (χ0) is 18.5. The molecular formula is C21H22N4OS. The second kappa shape index (κ2) is 6.16. The zero-order valence-electron chi connectivity index (χ0n) is 15.7. The first-order chi connectivity index (χ1) is 13.1. The van der Waals surface area contributed by atoms with E-state index < -0.39 is 0 Å². The average Bonchev–Trinajstić information content (AvgIpc) is 3.27. The number of aromatic amines is 1. The van der Waals surface area contributed by atoms with Gasteiger partial charge in [-0.05, 0) is 48.4 Å². The van der Waals surface area contributed by atoms with Gasteiger partial charge in [-0.2, -0.15) is 0 Å². The molecule has 2 aromatic heterocycles. The fourth-order valence-corrected chi connectivity index (χ4v) is 4.78. The van der Waals surface area contributed by atoms with Gasteiger partial charge >= 0.3 is 0 Å². The molecule has 1 aliphatic heterocycles. The standard InChI is InChI=1S/C21H22N4OS/c1-24(2)21-23-18-6-4-13(10-20(18)27-21)25-9-8-15-16-11-14(26-3)5-7-17(16)22-19(15)12-25/h4-7,10-11,22H,8-9,12H2,1-3H3. The number of hydrogen-bond donors (Lipinski definition) is 1. The third-order valence-electron chi connectivity index (χ3n) is 5.29. The molecule has 5 rings (SSSR count). The molecule has 138 valence electrons. The molecule has 0 amide bonds.